The molecule has 0 bridgehead atoms. The summed E-state index contributed by atoms with van der Waals surface area (Å²) in [5.74, 6) is 0. The van der Waals surface area contributed by atoms with Gasteiger partial charge < -0.3 is 5.32 Å². The third kappa shape index (κ3) is 3.77. The van der Waals surface area contributed by atoms with E-state index in [1.807, 2.05) is 53.2 Å². The number of nitrogens with zero attached hydrogens (tertiary/aromatic N) is 3. The first-order chi connectivity index (χ1) is 12.0. The highest BCUT2D eigenvalue weighted by Gasteiger charge is 2.15. The van der Waals surface area contributed by atoms with Crippen molar-refractivity contribution >= 4 is 83.9 Å². The van der Waals surface area contributed by atoms with Crippen LogP contribution in [0, 0.1) is 6.92 Å². The number of thiazole rings is 1. The van der Waals surface area contributed by atoms with Gasteiger partial charge in [-0.2, -0.15) is 0 Å². The van der Waals surface area contributed by atoms with E-state index < -0.39 is 0 Å². The smallest absolute Gasteiger partial charge is 0.187 e. The second-order valence-corrected chi connectivity index (χ2v) is 8.03. The van der Waals surface area contributed by atoms with Gasteiger partial charge in [0.2, 0.25) is 0 Å². The molecule has 0 aliphatic carbocycles. The predicted molar refractivity (Wildman–Crippen MR) is 119 cm³/mol. The van der Waals surface area contributed by atoms with E-state index in [-0.39, 0.29) is 17.0 Å². The second-order valence-electron chi connectivity index (χ2n) is 5.41. The van der Waals surface area contributed by atoms with Gasteiger partial charge >= 0.3 is 0 Å². The molecule has 134 valence electrons. The highest BCUT2D eigenvalue weighted by molar-refractivity contribution is 9.10. The third-order valence-electron chi connectivity index (χ3n) is 3.68. The summed E-state index contributed by atoms with van der Waals surface area (Å²) in [6.07, 6.45) is 1.85. The van der Waals surface area contributed by atoms with Crippen LogP contribution in [0.1, 0.15) is 5.69 Å². The van der Waals surface area contributed by atoms with E-state index in [0.717, 1.165) is 38.0 Å². The van der Waals surface area contributed by atoms with E-state index in [1.165, 1.54) is 11.3 Å². The van der Waals surface area contributed by atoms with Crippen LogP contribution in [0.4, 0.5) is 10.8 Å². The van der Waals surface area contributed by atoms with E-state index >= 15 is 0 Å². The summed E-state index contributed by atoms with van der Waals surface area (Å²) in [6.45, 7) is 1.97. The number of hydrogen-bond donors (Lipinski definition) is 1. The van der Waals surface area contributed by atoms with E-state index in [9.17, 15) is 0 Å². The Labute approximate surface area is 183 Å². The van der Waals surface area contributed by atoms with Crippen LogP contribution in [0.2, 0.25) is 10.0 Å². The molecule has 1 aromatic carbocycles. The van der Waals surface area contributed by atoms with Gasteiger partial charge in [0.15, 0.2) is 5.13 Å². The number of fused-ring (bicyclic) bond motifs is 1. The van der Waals surface area contributed by atoms with E-state index in [0.29, 0.717) is 10.0 Å². The first-order valence-electron chi connectivity index (χ1n) is 7.33. The van der Waals surface area contributed by atoms with Crippen molar-refractivity contribution in [3.8, 4) is 11.4 Å². The summed E-state index contributed by atoms with van der Waals surface area (Å²) >= 11 is 17.3. The number of anilines is 2. The van der Waals surface area contributed by atoms with Gasteiger partial charge in [-0.15, -0.1) is 28.3 Å². The van der Waals surface area contributed by atoms with Gasteiger partial charge in [0.05, 0.1) is 27.1 Å². The summed E-state index contributed by atoms with van der Waals surface area (Å²) in [7, 11) is 0. The maximum atomic E-state index is 6.26. The molecule has 3 aromatic heterocycles. The van der Waals surface area contributed by atoms with Crippen molar-refractivity contribution < 1.29 is 0 Å². The van der Waals surface area contributed by atoms with Gasteiger partial charge in [0.25, 0.3) is 0 Å². The lowest BCUT2D eigenvalue weighted by Crippen LogP contribution is -1.92. The Hall–Kier alpha value is -1.12. The molecule has 0 saturated carbocycles. The minimum atomic E-state index is 0. The SMILES string of the molecule is Br.Cc1nc2ccc(Cl)cn2c1-c1csc(Nc2ccc(Br)cc2Cl)n1. The van der Waals surface area contributed by atoms with Crippen molar-refractivity contribution in [1.82, 2.24) is 14.4 Å². The molecule has 26 heavy (non-hydrogen) atoms. The quantitative estimate of drug-likeness (QED) is 0.303. The molecule has 4 aromatic rings. The Morgan fingerprint density at radius 2 is 1.96 bits per heavy atom. The number of hydrogen-bond acceptors (Lipinski definition) is 4. The first kappa shape index (κ1) is 19.6. The first-order valence-corrected chi connectivity index (χ1v) is 9.76. The maximum Gasteiger partial charge on any atom is 0.187 e. The predicted octanol–water partition coefficient (Wildman–Crippen LogP) is 7.16. The van der Waals surface area contributed by atoms with Gasteiger partial charge in [-0.1, -0.05) is 39.1 Å². The topological polar surface area (TPSA) is 42.2 Å². The minimum absolute atomic E-state index is 0. The molecule has 4 rings (SSSR count). The summed E-state index contributed by atoms with van der Waals surface area (Å²) < 4.78 is 2.89. The second kappa shape index (κ2) is 7.86. The van der Waals surface area contributed by atoms with Crippen LogP contribution in [-0.2, 0) is 0 Å². The fourth-order valence-corrected chi connectivity index (χ4v) is 4.18. The number of imidazole rings is 1. The van der Waals surface area contributed by atoms with Gasteiger partial charge in [-0.25, -0.2) is 9.97 Å². The van der Waals surface area contributed by atoms with Crippen molar-refractivity contribution in [2.75, 3.05) is 5.32 Å². The summed E-state index contributed by atoms with van der Waals surface area (Å²) in [5, 5.41) is 7.29. The number of aromatic nitrogens is 3. The molecule has 0 aliphatic heterocycles. The van der Waals surface area contributed by atoms with Crippen molar-refractivity contribution in [3.63, 3.8) is 0 Å². The van der Waals surface area contributed by atoms with Crippen molar-refractivity contribution in [3.05, 3.63) is 62.1 Å². The maximum absolute atomic E-state index is 6.26. The fraction of sp³-hybridized carbons (Fsp3) is 0.0588. The Morgan fingerprint density at radius 3 is 2.73 bits per heavy atom. The molecule has 0 unspecified atom stereocenters. The van der Waals surface area contributed by atoms with Crippen molar-refractivity contribution in [2.24, 2.45) is 0 Å². The molecular formula is C17H12Br2Cl2N4S. The minimum Gasteiger partial charge on any atom is -0.330 e. The number of aryl methyl sites for hydroxylation is 1. The molecular weight excluding hydrogens is 523 g/mol. The van der Waals surface area contributed by atoms with Gasteiger partial charge in [-0.3, -0.25) is 4.40 Å². The molecule has 9 heteroatoms. The Morgan fingerprint density at radius 1 is 1.15 bits per heavy atom. The number of pyridine rings is 1. The number of rotatable bonds is 3. The molecule has 0 fully saturated rings. The number of nitrogens with one attached hydrogen (secondary N) is 1. The van der Waals surface area contributed by atoms with E-state index in [4.69, 9.17) is 23.2 Å². The molecule has 3 heterocycles. The molecule has 0 aliphatic rings. The van der Waals surface area contributed by atoms with Crippen LogP contribution in [-0.4, -0.2) is 14.4 Å². The summed E-state index contributed by atoms with van der Waals surface area (Å²) in [4.78, 5) is 9.26. The molecule has 0 spiro atoms. The van der Waals surface area contributed by atoms with Crippen LogP contribution in [0.15, 0.2) is 46.4 Å². The molecule has 4 nitrogen and oxygen atoms in total. The lowest BCUT2D eigenvalue weighted by Gasteiger charge is -2.05. The zero-order chi connectivity index (χ0) is 17.6. The average Bonchev–Trinajstić information content (AvgIpc) is 3.13. The molecule has 1 N–H and O–H groups in total. The zero-order valence-corrected chi connectivity index (χ0v) is 19.0. The highest BCUT2D eigenvalue weighted by atomic mass is 79.9. The normalized spacial score (nSPS) is 10.8. The third-order valence-corrected chi connectivity index (χ3v) is 5.46. The van der Waals surface area contributed by atoms with Gasteiger partial charge in [0, 0.05) is 16.0 Å². The molecule has 0 amide bonds. The number of halogens is 4. The van der Waals surface area contributed by atoms with Gasteiger partial charge in [0.1, 0.15) is 11.3 Å². The van der Waals surface area contributed by atoms with Crippen molar-refractivity contribution in [1.29, 1.82) is 0 Å². The van der Waals surface area contributed by atoms with Crippen LogP contribution in [0.3, 0.4) is 0 Å². The van der Waals surface area contributed by atoms with Gasteiger partial charge in [-0.05, 0) is 37.3 Å². The lowest BCUT2D eigenvalue weighted by molar-refractivity contribution is 1.17. The van der Waals surface area contributed by atoms with Crippen LogP contribution in [0.25, 0.3) is 17.0 Å². The molecule has 0 atom stereocenters. The number of benzene rings is 1. The lowest BCUT2D eigenvalue weighted by atomic mass is 10.3. The highest BCUT2D eigenvalue weighted by Crippen LogP contribution is 2.33. The Balaban J connectivity index is 0.00000196. The van der Waals surface area contributed by atoms with E-state index in [2.05, 4.69) is 31.2 Å². The molecule has 0 radical (unpaired) electrons. The van der Waals surface area contributed by atoms with Crippen molar-refractivity contribution in [2.45, 2.75) is 6.92 Å². The fourth-order valence-electron chi connectivity index (χ4n) is 2.59. The molecule has 0 saturated heterocycles. The average molecular weight is 535 g/mol. The zero-order valence-electron chi connectivity index (χ0n) is 13.3. The Kier molecular flexibility index (Phi) is 5.94. The Bertz CT molecular complexity index is 1090. The standard InChI is InChI=1S/C17H11BrCl2N4S.BrH/c1-9-16(24-7-11(19)3-5-15(24)21-9)14-8-25-17(23-14)22-13-4-2-10(18)6-12(13)20;/h2-8H,1H3,(H,22,23);1H. The summed E-state index contributed by atoms with van der Waals surface area (Å²) in [5.41, 5.74) is 4.33. The largest absolute Gasteiger partial charge is 0.330 e. The van der Waals surface area contributed by atoms with Crippen LogP contribution >= 0.6 is 67.5 Å². The van der Waals surface area contributed by atoms with E-state index in [1.54, 1.807) is 0 Å². The van der Waals surface area contributed by atoms with Crippen LogP contribution < -0.4 is 5.32 Å². The summed E-state index contributed by atoms with van der Waals surface area (Å²) in [6, 6.07) is 9.41. The monoisotopic (exact) mass is 532 g/mol. The van der Waals surface area contributed by atoms with Crippen LogP contribution in [0.5, 0.6) is 0 Å².